The van der Waals surface area contributed by atoms with Crippen LogP contribution in [0.15, 0.2) is 24.3 Å². The molecular weight excluding hydrogens is 222 g/mol. The molecule has 0 aliphatic rings. The van der Waals surface area contributed by atoms with Gasteiger partial charge in [0.15, 0.2) is 0 Å². The van der Waals surface area contributed by atoms with E-state index in [1.165, 1.54) is 6.07 Å². The Morgan fingerprint density at radius 1 is 1.50 bits per heavy atom. The number of hydrogen-bond donors (Lipinski definition) is 2. The van der Waals surface area contributed by atoms with Gasteiger partial charge in [-0.1, -0.05) is 6.07 Å². The lowest BCUT2D eigenvalue weighted by molar-refractivity contribution is 0.0950. The van der Waals surface area contributed by atoms with Gasteiger partial charge in [-0.05, 0) is 38.3 Å². The molecule has 1 aromatic carbocycles. The van der Waals surface area contributed by atoms with Gasteiger partial charge in [0.1, 0.15) is 5.75 Å². The van der Waals surface area contributed by atoms with Gasteiger partial charge >= 0.3 is 0 Å². The van der Waals surface area contributed by atoms with Crippen molar-refractivity contribution in [3.8, 4) is 5.75 Å². The molecule has 1 aromatic rings. The quantitative estimate of drug-likeness (QED) is 0.847. The van der Waals surface area contributed by atoms with E-state index in [2.05, 4.69) is 19.2 Å². The van der Waals surface area contributed by atoms with Crippen LogP contribution in [-0.2, 0) is 0 Å². The molecule has 0 fully saturated rings. The van der Waals surface area contributed by atoms with Crippen molar-refractivity contribution in [2.75, 3.05) is 12.8 Å². The zero-order chi connectivity index (χ0) is 12.2. The first-order valence-electron chi connectivity index (χ1n) is 5.07. The second-order valence-corrected chi connectivity index (χ2v) is 5.71. The average Bonchev–Trinajstić information content (AvgIpc) is 2.26. The maximum atomic E-state index is 11.7. The molecule has 88 valence electrons. The summed E-state index contributed by atoms with van der Waals surface area (Å²) in [5.74, 6) is -0.0465. The summed E-state index contributed by atoms with van der Waals surface area (Å²) in [7, 11) is 0. The molecule has 16 heavy (non-hydrogen) atoms. The highest BCUT2D eigenvalue weighted by Crippen LogP contribution is 2.19. The monoisotopic (exact) mass is 239 g/mol. The number of aromatic hydroxyl groups is 1. The number of thioether (sulfide) groups is 1. The highest BCUT2D eigenvalue weighted by molar-refractivity contribution is 7.99. The van der Waals surface area contributed by atoms with Gasteiger partial charge in [-0.15, -0.1) is 0 Å². The summed E-state index contributed by atoms with van der Waals surface area (Å²) in [6, 6.07) is 6.34. The molecule has 0 aliphatic carbocycles. The predicted molar refractivity (Wildman–Crippen MR) is 68.0 cm³/mol. The van der Waals surface area contributed by atoms with Crippen LogP contribution < -0.4 is 5.32 Å². The minimum absolute atomic E-state index is 0.0203. The van der Waals surface area contributed by atoms with E-state index in [0.29, 0.717) is 12.1 Å². The maximum Gasteiger partial charge on any atom is 0.251 e. The number of nitrogens with one attached hydrogen (secondary N) is 1. The fourth-order valence-corrected chi connectivity index (χ4v) is 1.33. The van der Waals surface area contributed by atoms with Crippen molar-refractivity contribution < 1.29 is 9.90 Å². The Bertz CT molecular complexity index is 377. The maximum absolute atomic E-state index is 11.7. The summed E-state index contributed by atoms with van der Waals surface area (Å²) in [4.78, 5) is 11.7. The third-order valence-electron chi connectivity index (χ3n) is 2.34. The van der Waals surface area contributed by atoms with Crippen LogP contribution in [0.3, 0.4) is 0 Å². The molecule has 0 bridgehead atoms. The summed E-state index contributed by atoms with van der Waals surface area (Å²) >= 11 is 1.70. The summed E-state index contributed by atoms with van der Waals surface area (Å²) in [6.45, 7) is 4.74. The van der Waals surface area contributed by atoms with Crippen molar-refractivity contribution in [1.29, 1.82) is 0 Å². The standard InChI is InChI=1S/C12H17NO2S/c1-12(2,16-3)8-13-11(15)9-5-4-6-10(14)7-9/h4-7,14H,8H2,1-3H3,(H,13,15). The number of amides is 1. The largest absolute Gasteiger partial charge is 0.508 e. The number of hydrogen-bond acceptors (Lipinski definition) is 3. The number of rotatable bonds is 4. The number of phenolic OH excluding ortho intramolecular Hbond substituents is 1. The van der Waals surface area contributed by atoms with Crippen LogP contribution in [0.2, 0.25) is 0 Å². The fraction of sp³-hybridized carbons (Fsp3) is 0.417. The minimum atomic E-state index is -0.155. The van der Waals surface area contributed by atoms with Crippen LogP contribution >= 0.6 is 11.8 Å². The van der Waals surface area contributed by atoms with E-state index in [4.69, 9.17) is 0 Å². The van der Waals surface area contributed by atoms with E-state index in [1.54, 1.807) is 30.0 Å². The van der Waals surface area contributed by atoms with Gasteiger partial charge in [0.05, 0.1) is 0 Å². The number of carbonyl (C=O) groups excluding carboxylic acids is 1. The summed E-state index contributed by atoms with van der Waals surface area (Å²) in [6.07, 6.45) is 2.01. The van der Waals surface area contributed by atoms with Crippen molar-refractivity contribution in [3.63, 3.8) is 0 Å². The smallest absolute Gasteiger partial charge is 0.251 e. The number of carbonyl (C=O) groups is 1. The first-order valence-corrected chi connectivity index (χ1v) is 6.29. The zero-order valence-electron chi connectivity index (χ0n) is 9.78. The van der Waals surface area contributed by atoms with Crippen LogP contribution in [0.4, 0.5) is 0 Å². The molecule has 4 heteroatoms. The molecule has 0 aliphatic heterocycles. The SMILES string of the molecule is CSC(C)(C)CNC(=O)c1cccc(O)c1. The zero-order valence-corrected chi connectivity index (χ0v) is 10.6. The Hall–Kier alpha value is -1.16. The number of phenols is 1. The minimum Gasteiger partial charge on any atom is -0.508 e. The predicted octanol–water partition coefficient (Wildman–Crippen LogP) is 2.26. The van der Waals surface area contributed by atoms with Gasteiger partial charge in [-0.25, -0.2) is 0 Å². The summed E-state index contributed by atoms with van der Waals surface area (Å²) in [5.41, 5.74) is 0.483. The van der Waals surface area contributed by atoms with E-state index >= 15 is 0 Å². The van der Waals surface area contributed by atoms with Crippen molar-refractivity contribution in [2.24, 2.45) is 0 Å². The summed E-state index contributed by atoms with van der Waals surface area (Å²) in [5, 5.41) is 12.1. The molecule has 0 unspecified atom stereocenters. The van der Waals surface area contributed by atoms with Gasteiger partial charge < -0.3 is 10.4 Å². The molecular formula is C12H17NO2S. The molecule has 0 saturated carbocycles. The lowest BCUT2D eigenvalue weighted by Crippen LogP contribution is -2.36. The van der Waals surface area contributed by atoms with E-state index in [0.717, 1.165) is 0 Å². The molecule has 0 heterocycles. The number of benzene rings is 1. The molecule has 1 rings (SSSR count). The molecule has 0 atom stereocenters. The van der Waals surface area contributed by atoms with E-state index in [1.807, 2.05) is 6.26 Å². The van der Waals surface area contributed by atoms with E-state index < -0.39 is 0 Å². The van der Waals surface area contributed by atoms with Gasteiger partial charge in [-0.3, -0.25) is 4.79 Å². The lowest BCUT2D eigenvalue weighted by Gasteiger charge is -2.22. The first kappa shape index (κ1) is 12.9. The highest BCUT2D eigenvalue weighted by Gasteiger charge is 2.17. The van der Waals surface area contributed by atoms with Crippen LogP contribution in [0.1, 0.15) is 24.2 Å². The second kappa shape index (κ2) is 5.25. The van der Waals surface area contributed by atoms with Gasteiger partial charge in [0, 0.05) is 16.9 Å². The fourth-order valence-electron chi connectivity index (χ4n) is 1.11. The van der Waals surface area contributed by atoms with Crippen molar-refractivity contribution in [3.05, 3.63) is 29.8 Å². The molecule has 0 saturated heterocycles. The van der Waals surface area contributed by atoms with Crippen molar-refractivity contribution in [2.45, 2.75) is 18.6 Å². The summed E-state index contributed by atoms with van der Waals surface area (Å²) < 4.78 is 0.0203. The Labute approximate surface area is 100 Å². The third-order valence-corrected chi connectivity index (χ3v) is 3.59. The van der Waals surface area contributed by atoms with Crippen LogP contribution in [0, 0.1) is 0 Å². The Morgan fingerprint density at radius 2 is 2.19 bits per heavy atom. The highest BCUT2D eigenvalue weighted by atomic mass is 32.2. The molecule has 1 amide bonds. The molecule has 0 aromatic heterocycles. The molecule has 3 nitrogen and oxygen atoms in total. The van der Waals surface area contributed by atoms with Crippen molar-refractivity contribution in [1.82, 2.24) is 5.32 Å². The molecule has 0 radical (unpaired) electrons. The lowest BCUT2D eigenvalue weighted by atomic mass is 10.1. The second-order valence-electron chi connectivity index (χ2n) is 4.20. The van der Waals surface area contributed by atoms with Crippen LogP contribution in [0.25, 0.3) is 0 Å². The van der Waals surface area contributed by atoms with Crippen LogP contribution in [-0.4, -0.2) is 28.6 Å². The van der Waals surface area contributed by atoms with Gasteiger partial charge in [0.25, 0.3) is 5.91 Å². The first-order chi connectivity index (χ1) is 7.44. The normalized spacial score (nSPS) is 11.2. The van der Waals surface area contributed by atoms with E-state index in [9.17, 15) is 9.90 Å². The Kier molecular flexibility index (Phi) is 4.24. The average molecular weight is 239 g/mol. The van der Waals surface area contributed by atoms with E-state index in [-0.39, 0.29) is 16.4 Å². The Morgan fingerprint density at radius 3 is 2.75 bits per heavy atom. The molecule has 2 N–H and O–H groups in total. The van der Waals surface area contributed by atoms with Crippen molar-refractivity contribution >= 4 is 17.7 Å². The third kappa shape index (κ3) is 3.77. The van der Waals surface area contributed by atoms with Crippen LogP contribution in [0.5, 0.6) is 5.75 Å². The van der Waals surface area contributed by atoms with Gasteiger partial charge in [0.2, 0.25) is 0 Å². The Balaban J connectivity index is 2.60. The molecule has 0 spiro atoms. The van der Waals surface area contributed by atoms with Gasteiger partial charge in [-0.2, -0.15) is 11.8 Å². The topological polar surface area (TPSA) is 49.3 Å².